The van der Waals surface area contributed by atoms with Crippen molar-refractivity contribution in [3.63, 3.8) is 0 Å². The molecule has 0 aliphatic carbocycles. The van der Waals surface area contributed by atoms with E-state index in [4.69, 9.17) is 0 Å². The average Bonchev–Trinajstić information content (AvgIpc) is 2.95. The Morgan fingerprint density at radius 3 is 2.71 bits per heavy atom. The lowest BCUT2D eigenvalue weighted by atomic mass is 9.94. The predicted molar refractivity (Wildman–Crippen MR) is 89.4 cm³/mol. The Kier molecular flexibility index (Phi) is 6.40. The smallest absolute Gasteiger partial charge is 0.123 e. The SMILES string of the molecule is CC(C)NCC(CCc1cccs1)Cc1cccc(F)c1. The molecule has 0 spiro atoms. The summed E-state index contributed by atoms with van der Waals surface area (Å²) < 4.78 is 13.3. The van der Waals surface area contributed by atoms with Crippen molar-refractivity contribution in [1.82, 2.24) is 5.32 Å². The molecule has 0 fully saturated rings. The molecule has 1 N–H and O–H groups in total. The van der Waals surface area contributed by atoms with Crippen LogP contribution in [-0.2, 0) is 12.8 Å². The summed E-state index contributed by atoms with van der Waals surface area (Å²) in [6.07, 6.45) is 3.18. The van der Waals surface area contributed by atoms with E-state index in [-0.39, 0.29) is 5.82 Å². The van der Waals surface area contributed by atoms with Gasteiger partial charge in [-0.3, -0.25) is 0 Å². The van der Waals surface area contributed by atoms with Crippen LogP contribution >= 0.6 is 11.3 Å². The number of hydrogen-bond donors (Lipinski definition) is 1. The van der Waals surface area contributed by atoms with Gasteiger partial charge in [0.25, 0.3) is 0 Å². The molecule has 0 aliphatic rings. The van der Waals surface area contributed by atoms with Gasteiger partial charge in [0, 0.05) is 10.9 Å². The first-order valence-electron chi connectivity index (χ1n) is 7.63. The zero-order chi connectivity index (χ0) is 15.1. The Balaban J connectivity index is 1.93. The van der Waals surface area contributed by atoms with Crippen LogP contribution in [0.4, 0.5) is 4.39 Å². The quantitative estimate of drug-likeness (QED) is 0.747. The molecule has 0 bridgehead atoms. The standard InChI is InChI=1S/C18H24FNS/c1-14(2)20-13-16(8-9-18-7-4-10-21-18)11-15-5-3-6-17(19)12-15/h3-7,10,12,14,16,20H,8-9,11,13H2,1-2H3. The third-order valence-electron chi connectivity index (χ3n) is 3.61. The van der Waals surface area contributed by atoms with Gasteiger partial charge in [-0.2, -0.15) is 0 Å². The van der Waals surface area contributed by atoms with E-state index in [1.807, 2.05) is 17.4 Å². The number of halogens is 1. The van der Waals surface area contributed by atoms with E-state index in [1.54, 1.807) is 12.1 Å². The van der Waals surface area contributed by atoms with E-state index in [0.717, 1.165) is 31.4 Å². The van der Waals surface area contributed by atoms with Gasteiger partial charge in [0.05, 0.1) is 0 Å². The fourth-order valence-corrected chi connectivity index (χ4v) is 3.20. The van der Waals surface area contributed by atoms with Crippen LogP contribution in [0.2, 0.25) is 0 Å². The van der Waals surface area contributed by atoms with Gasteiger partial charge in [-0.05, 0) is 60.9 Å². The Hall–Kier alpha value is -1.19. The Morgan fingerprint density at radius 1 is 1.19 bits per heavy atom. The third kappa shape index (κ3) is 5.98. The molecular weight excluding hydrogens is 281 g/mol. The lowest BCUT2D eigenvalue weighted by Gasteiger charge is -2.19. The lowest BCUT2D eigenvalue weighted by Crippen LogP contribution is -2.30. The normalized spacial score (nSPS) is 12.8. The highest BCUT2D eigenvalue weighted by Crippen LogP contribution is 2.18. The van der Waals surface area contributed by atoms with Gasteiger partial charge < -0.3 is 5.32 Å². The van der Waals surface area contributed by atoms with E-state index < -0.39 is 0 Å². The van der Waals surface area contributed by atoms with E-state index in [2.05, 4.69) is 36.7 Å². The van der Waals surface area contributed by atoms with Crippen molar-refractivity contribution < 1.29 is 4.39 Å². The molecule has 21 heavy (non-hydrogen) atoms. The zero-order valence-electron chi connectivity index (χ0n) is 12.8. The first-order valence-corrected chi connectivity index (χ1v) is 8.51. The van der Waals surface area contributed by atoms with Gasteiger partial charge in [-0.25, -0.2) is 4.39 Å². The highest BCUT2D eigenvalue weighted by Gasteiger charge is 2.11. The van der Waals surface area contributed by atoms with E-state index in [1.165, 1.54) is 10.9 Å². The van der Waals surface area contributed by atoms with Crippen molar-refractivity contribution in [3.05, 3.63) is 58.0 Å². The summed E-state index contributed by atoms with van der Waals surface area (Å²) in [5, 5.41) is 5.65. The summed E-state index contributed by atoms with van der Waals surface area (Å²) in [5.74, 6) is 0.401. The molecule has 0 saturated carbocycles. The van der Waals surface area contributed by atoms with Gasteiger partial charge in [-0.1, -0.05) is 32.0 Å². The van der Waals surface area contributed by atoms with Crippen LogP contribution in [0.5, 0.6) is 0 Å². The second-order valence-electron chi connectivity index (χ2n) is 5.88. The molecule has 1 aromatic heterocycles. The summed E-state index contributed by atoms with van der Waals surface area (Å²) in [7, 11) is 0. The van der Waals surface area contributed by atoms with E-state index >= 15 is 0 Å². The fraction of sp³-hybridized carbons (Fsp3) is 0.444. The van der Waals surface area contributed by atoms with Crippen LogP contribution in [-0.4, -0.2) is 12.6 Å². The zero-order valence-corrected chi connectivity index (χ0v) is 13.6. The maximum Gasteiger partial charge on any atom is 0.123 e. The second kappa shape index (κ2) is 8.30. The van der Waals surface area contributed by atoms with Crippen molar-refractivity contribution in [3.8, 4) is 0 Å². The molecule has 114 valence electrons. The molecular formula is C18H24FNS. The molecule has 1 atom stereocenters. The van der Waals surface area contributed by atoms with Crippen molar-refractivity contribution in [2.75, 3.05) is 6.54 Å². The van der Waals surface area contributed by atoms with Crippen molar-refractivity contribution >= 4 is 11.3 Å². The molecule has 2 aromatic rings. The minimum Gasteiger partial charge on any atom is -0.314 e. The van der Waals surface area contributed by atoms with Crippen LogP contribution in [0.1, 0.15) is 30.7 Å². The molecule has 0 amide bonds. The summed E-state index contributed by atoms with van der Waals surface area (Å²) in [6, 6.07) is 11.8. The summed E-state index contributed by atoms with van der Waals surface area (Å²) in [6.45, 7) is 5.32. The van der Waals surface area contributed by atoms with Crippen LogP contribution in [0.15, 0.2) is 41.8 Å². The molecule has 1 nitrogen and oxygen atoms in total. The highest BCUT2D eigenvalue weighted by molar-refractivity contribution is 7.09. The number of rotatable bonds is 8. The first kappa shape index (κ1) is 16.2. The number of nitrogens with one attached hydrogen (secondary N) is 1. The van der Waals surface area contributed by atoms with Crippen molar-refractivity contribution in [1.29, 1.82) is 0 Å². The number of benzene rings is 1. The van der Waals surface area contributed by atoms with Gasteiger partial charge in [0.1, 0.15) is 5.82 Å². The van der Waals surface area contributed by atoms with Gasteiger partial charge in [0.2, 0.25) is 0 Å². The van der Waals surface area contributed by atoms with Crippen LogP contribution < -0.4 is 5.32 Å². The first-order chi connectivity index (χ1) is 10.1. The molecule has 0 radical (unpaired) electrons. The topological polar surface area (TPSA) is 12.0 Å². The van der Waals surface area contributed by atoms with Gasteiger partial charge in [0.15, 0.2) is 0 Å². The fourth-order valence-electron chi connectivity index (χ4n) is 2.48. The maximum atomic E-state index is 13.3. The van der Waals surface area contributed by atoms with Gasteiger partial charge in [-0.15, -0.1) is 11.3 Å². The molecule has 0 aliphatic heterocycles. The molecule has 1 heterocycles. The Morgan fingerprint density at radius 2 is 2.05 bits per heavy atom. The maximum absolute atomic E-state index is 13.3. The van der Waals surface area contributed by atoms with Crippen molar-refractivity contribution in [2.24, 2.45) is 5.92 Å². The van der Waals surface area contributed by atoms with Crippen molar-refractivity contribution in [2.45, 2.75) is 39.2 Å². The van der Waals surface area contributed by atoms with Crippen LogP contribution in [0.25, 0.3) is 0 Å². The summed E-state index contributed by atoms with van der Waals surface area (Å²) >= 11 is 1.82. The number of aryl methyl sites for hydroxylation is 1. The number of hydrogen-bond acceptors (Lipinski definition) is 2. The van der Waals surface area contributed by atoms with Gasteiger partial charge >= 0.3 is 0 Å². The van der Waals surface area contributed by atoms with Crippen LogP contribution in [0.3, 0.4) is 0 Å². The highest BCUT2D eigenvalue weighted by atomic mass is 32.1. The Labute approximate surface area is 131 Å². The minimum absolute atomic E-state index is 0.138. The second-order valence-corrected chi connectivity index (χ2v) is 6.91. The van der Waals surface area contributed by atoms with E-state index in [0.29, 0.717) is 12.0 Å². The molecule has 2 rings (SSSR count). The summed E-state index contributed by atoms with van der Waals surface area (Å²) in [5.41, 5.74) is 1.09. The Bertz CT molecular complexity index is 522. The largest absolute Gasteiger partial charge is 0.314 e. The number of thiophene rings is 1. The summed E-state index contributed by atoms with van der Waals surface area (Å²) in [4.78, 5) is 1.43. The lowest BCUT2D eigenvalue weighted by molar-refractivity contribution is 0.422. The third-order valence-corrected chi connectivity index (χ3v) is 4.54. The molecule has 3 heteroatoms. The average molecular weight is 305 g/mol. The molecule has 1 aromatic carbocycles. The predicted octanol–water partition coefficient (Wildman–Crippen LogP) is 4.68. The minimum atomic E-state index is -0.138. The van der Waals surface area contributed by atoms with Crippen LogP contribution in [0, 0.1) is 11.7 Å². The molecule has 1 unspecified atom stereocenters. The van der Waals surface area contributed by atoms with E-state index in [9.17, 15) is 4.39 Å². The molecule has 0 saturated heterocycles. The monoisotopic (exact) mass is 305 g/mol.